The first-order chi connectivity index (χ1) is 4.83. The van der Waals surface area contributed by atoms with Crippen molar-refractivity contribution in [2.75, 3.05) is 26.2 Å². The van der Waals surface area contributed by atoms with Crippen molar-refractivity contribution in [3.63, 3.8) is 0 Å². The van der Waals surface area contributed by atoms with Gasteiger partial charge in [0, 0.05) is 18.5 Å². The second-order valence-corrected chi connectivity index (χ2v) is 0.795. The van der Waals surface area contributed by atoms with Gasteiger partial charge in [-0.15, -0.1) is 0 Å². The van der Waals surface area contributed by atoms with Crippen molar-refractivity contribution in [3.8, 4) is 0 Å². The van der Waals surface area contributed by atoms with Gasteiger partial charge in [-0.2, -0.15) is 0 Å². The molecular formula is C4H11NO2. The lowest BCUT2D eigenvalue weighted by molar-refractivity contribution is 0.267. The van der Waals surface area contributed by atoms with Crippen molar-refractivity contribution in [1.29, 1.82) is 0 Å². The molecule has 7 heavy (non-hydrogen) atoms. The summed E-state index contributed by atoms with van der Waals surface area (Å²) in [7, 11) is 0. The summed E-state index contributed by atoms with van der Waals surface area (Å²) >= 11 is 0. The molecule has 3 nitrogen and oxygen atoms in total. The SMILES string of the molecule is [3H]C([3H])(CO)NC([3H])([3H])CO. The molecular weight excluding hydrogens is 94.0 g/mol. The average Bonchev–Trinajstić information content (AvgIpc) is 1.86. The molecule has 3 heteroatoms. The van der Waals surface area contributed by atoms with E-state index >= 15 is 0 Å². The van der Waals surface area contributed by atoms with E-state index in [4.69, 9.17) is 15.7 Å². The fourth-order valence-corrected chi connectivity index (χ4v) is 0.142. The summed E-state index contributed by atoms with van der Waals surface area (Å²) in [4.78, 5) is 0. The van der Waals surface area contributed by atoms with E-state index in [1.165, 1.54) is 0 Å². The van der Waals surface area contributed by atoms with E-state index in [1.807, 2.05) is 0 Å². The van der Waals surface area contributed by atoms with Crippen LogP contribution in [0.3, 0.4) is 0 Å². The largest absolute Gasteiger partial charge is 0.395 e. The molecule has 0 saturated carbocycles. The average molecular weight is 113 g/mol. The molecule has 0 bridgehead atoms. The lowest BCUT2D eigenvalue weighted by Gasteiger charge is -1.94. The molecule has 3 N–H and O–H groups in total. The summed E-state index contributed by atoms with van der Waals surface area (Å²) in [5, 5.41) is 18.5. The molecule has 0 saturated heterocycles. The first-order valence-corrected chi connectivity index (χ1v) is 1.84. The topological polar surface area (TPSA) is 52.5 Å². The van der Waals surface area contributed by atoms with Gasteiger partial charge in [0.15, 0.2) is 0 Å². The van der Waals surface area contributed by atoms with Crippen LogP contribution in [0.2, 0.25) is 0 Å². The number of aliphatic hydroxyl groups excluding tert-OH is 2. The van der Waals surface area contributed by atoms with E-state index in [0.29, 0.717) is 0 Å². The molecule has 0 aliphatic carbocycles. The van der Waals surface area contributed by atoms with E-state index < -0.39 is 26.2 Å². The molecule has 0 aromatic heterocycles. The second-order valence-electron chi connectivity index (χ2n) is 0.795. The molecule has 0 atom stereocenters. The number of hydrogen-bond acceptors (Lipinski definition) is 3. The highest BCUT2D eigenvalue weighted by Crippen LogP contribution is 1.54. The van der Waals surface area contributed by atoms with Crippen molar-refractivity contribution < 1.29 is 15.7 Å². The fraction of sp³-hybridized carbons (Fsp3) is 1.00. The van der Waals surface area contributed by atoms with Gasteiger partial charge in [-0.05, 0) is 0 Å². The number of nitrogens with one attached hydrogen (secondary N) is 1. The van der Waals surface area contributed by atoms with Crippen molar-refractivity contribution in [1.82, 2.24) is 5.32 Å². The van der Waals surface area contributed by atoms with Crippen LogP contribution in [0.5, 0.6) is 0 Å². The third-order valence-corrected chi connectivity index (χ3v) is 0.335. The first-order valence-electron chi connectivity index (χ1n) is 3.84. The minimum Gasteiger partial charge on any atom is -0.395 e. The lowest BCUT2D eigenvalue weighted by Crippen LogP contribution is -2.21. The molecule has 0 aliphatic rings. The molecule has 0 aromatic rings. The van der Waals surface area contributed by atoms with Crippen LogP contribution in [0.25, 0.3) is 0 Å². The lowest BCUT2D eigenvalue weighted by atomic mass is 10.6. The Morgan fingerprint density at radius 1 is 1.29 bits per heavy atom. The Balaban J connectivity index is 4.02. The summed E-state index contributed by atoms with van der Waals surface area (Å²) in [6, 6.07) is 0. The molecule has 0 radical (unpaired) electrons. The Hall–Kier alpha value is -0.120. The van der Waals surface area contributed by atoms with Gasteiger partial charge in [0.05, 0.1) is 13.2 Å². The molecule has 0 unspecified atom stereocenters. The minimum atomic E-state index is -2.20. The van der Waals surface area contributed by atoms with Crippen LogP contribution in [0.1, 0.15) is 5.48 Å². The zero-order valence-corrected chi connectivity index (χ0v) is 3.81. The first kappa shape index (κ1) is 2.44. The summed E-state index contributed by atoms with van der Waals surface area (Å²) in [6.07, 6.45) is 0. The van der Waals surface area contributed by atoms with Gasteiger partial charge in [0.1, 0.15) is 0 Å². The maximum atomic E-state index is 8.37. The fourth-order valence-electron chi connectivity index (χ4n) is 0.142. The van der Waals surface area contributed by atoms with Crippen molar-refractivity contribution in [2.45, 2.75) is 0 Å². The zero-order valence-electron chi connectivity index (χ0n) is 7.81. The van der Waals surface area contributed by atoms with Crippen LogP contribution in [0.15, 0.2) is 0 Å². The third kappa shape index (κ3) is 5.88. The van der Waals surface area contributed by atoms with E-state index in [-0.39, 0.29) is 0 Å². The number of aliphatic hydroxyl groups is 2. The van der Waals surface area contributed by atoms with Crippen LogP contribution >= 0.6 is 0 Å². The van der Waals surface area contributed by atoms with E-state index in [1.54, 1.807) is 5.32 Å². The quantitative estimate of drug-likeness (QED) is 0.418. The summed E-state index contributed by atoms with van der Waals surface area (Å²) < 4.78 is 27.6. The van der Waals surface area contributed by atoms with E-state index in [0.717, 1.165) is 0 Å². The van der Waals surface area contributed by atoms with Crippen molar-refractivity contribution in [2.24, 2.45) is 0 Å². The van der Waals surface area contributed by atoms with Gasteiger partial charge in [-0.25, -0.2) is 0 Å². The monoisotopic (exact) mass is 113 g/mol. The highest BCUT2D eigenvalue weighted by molar-refractivity contribution is 4.39. The van der Waals surface area contributed by atoms with Crippen LogP contribution in [-0.2, 0) is 0 Å². The smallest absolute Gasteiger partial charge is 0.0555 e. The van der Waals surface area contributed by atoms with Crippen LogP contribution in [0.4, 0.5) is 0 Å². The van der Waals surface area contributed by atoms with Gasteiger partial charge >= 0.3 is 0 Å². The molecule has 0 heterocycles. The predicted octanol–water partition coefficient (Wildman–Crippen LogP) is -1.44. The normalized spacial score (nSPS) is 22.0. The third-order valence-electron chi connectivity index (χ3n) is 0.335. The maximum Gasteiger partial charge on any atom is 0.0555 e. The van der Waals surface area contributed by atoms with Gasteiger partial charge in [-0.3, -0.25) is 0 Å². The number of hydrogen-bond donors (Lipinski definition) is 3. The van der Waals surface area contributed by atoms with Crippen LogP contribution in [-0.4, -0.2) is 36.4 Å². The highest BCUT2D eigenvalue weighted by atomic mass is 16.3. The van der Waals surface area contributed by atoms with Gasteiger partial charge in [-0.1, -0.05) is 0 Å². The summed E-state index contributed by atoms with van der Waals surface area (Å²) in [6.45, 7) is -6.09. The number of rotatable bonds is 4. The Morgan fingerprint density at radius 3 is 2.00 bits per heavy atom. The molecule has 0 fully saturated rings. The van der Waals surface area contributed by atoms with Crippen LogP contribution < -0.4 is 5.32 Å². The Bertz CT molecular complexity index is 115. The van der Waals surface area contributed by atoms with Gasteiger partial charge in [0.2, 0.25) is 0 Å². The maximum absolute atomic E-state index is 8.37. The molecule has 44 valence electrons. The van der Waals surface area contributed by atoms with E-state index in [9.17, 15) is 0 Å². The Morgan fingerprint density at radius 2 is 1.71 bits per heavy atom. The van der Waals surface area contributed by atoms with Gasteiger partial charge in [0.25, 0.3) is 0 Å². The molecule has 0 aromatic carbocycles. The van der Waals surface area contributed by atoms with Crippen molar-refractivity contribution >= 4 is 0 Å². The summed E-state index contributed by atoms with van der Waals surface area (Å²) in [5.41, 5.74) is 0. The molecule has 0 amide bonds. The highest BCUT2D eigenvalue weighted by Gasteiger charge is 1.78. The molecule has 0 aliphatic heterocycles. The van der Waals surface area contributed by atoms with Gasteiger partial charge < -0.3 is 15.5 Å². The van der Waals surface area contributed by atoms with Crippen molar-refractivity contribution in [3.05, 3.63) is 0 Å². The van der Waals surface area contributed by atoms with E-state index in [2.05, 4.69) is 0 Å². The minimum absolute atomic E-state index is 0.841. The molecule has 0 spiro atoms. The molecule has 0 rings (SSSR count). The van der Waals surface area contributed by atoms with Crippen LogP contribution in [0, 0.1) is 0 Å². The standard InChI is InChI=1S/C4H11NO2/c6-3-1-5-2-4-7/h5-7H,1-4H2/i1T2,2T2. The Labute approximate surface area is 48.6 Å². The predicted molar refractivity (Wildman–Crippen MR) is 27.0 cm³/mol. The second kappa shape index (κ2) is 5.88. The zero-order chi connectivity index (χ0) is 9.12. The summed E-state index contributed by atoms with van der Waals surface area (Å²) in [5.74, 6) is 0. The Kier molecular flexibility index (Phi) is 2.05.